The van der Waals surface area contributed by atoms with Crippen molar-refractivity contribution >= 4 is 16.5 Å². The van der Waals surface area contributed by atoms with E-state index in [0.29, 0.717) is 6.04 Å². The van der Waals surface area contributed by atoms with Gasteiger partial charge in [0.25, 0.3) is 0 Å². The molecule has 0 aliphatic rings. The first-order valence-corrected chi connectivity index (χ1v) is 7.40. The van der Waals surface area contributed by atoms with Crippen molar-refractivity contribution in [2.45, 2.75) is 39.7 Å². The van der Waals surface area contributed by atoms with E-state index in [2.05, 4.69) is 60.7 Å². The Morgan fingerprint density at radius 2 is 1.89 bits per heavy atom. The second-order valence-electron chi connectivity index (χ2n) is 4.46. The molecule has 1 heterocycles. The Morgan fingerprint density at radius 1 is 1.17 bits per heavy atom. The predicted octanol–water partition coefficient (Wildman–Crippen LogP) is 4.44. The van der Waals surface area contributed by atoms with Gasteiger partial charge in [0.15, 0.2) is 5.13 Å². The molecule has 1 aromatic heterocycles. The van der Waals surface area contributed by atoms with Gasteiger partial charge in [0.05, 0.1) is 11.7 Å². The van der Waals surface area contributed by atoms with Gasteiger partial charge in [-0.2, -0.15) is 0 Å². The maximum atomic E-state index is 4.54. The number of nitrogens with zero attached hydrogens (tertiary/aromatic N) is 1. The molecule has 0 radical (unpaired) electrons. The molecule has 18 heavy (non-hydrogen) atoms. The minimum Gasteiger partial charge on any atom is -0.355 e. The molecule has 2 nitrogen and oxygen atoms in total. The number of benzene rings is 1. The summed E-state index contributed by atoms with van der Waals surface area (Å²) < 4.78 is 0. The Hall–Kier alpha value is -1.35. The van der Waals surface area contributed by atoms with Crippen molar-refractivity contribution in [3.8, 4) is 0 Å². The lowest BCUT2D eigenvalue weighted by atomic mass is 10.1. The zero-order chi connectivity index (χ0) is 13.0. The van der Waals surface area contributed by atoms with E-state index in [4.69, 9.17) is 0 Å². The summed E-state index contributed by atoms with van der Waals surface area (Å²) in [7, 11) is 0. The first kappa shape index (κ1) is 13.1. The summed E-state index contributed by atoms with van der Waals surface area (Å²) in [6, 6.07) is 9.10. The topological polar surface area (TPSA) is 24.9 Å². The van der Waals surface area contributed by atoms with Crippen molar-refractivity contribution in [2.24, 2.45) is 0 Å². The third kappa shape index (κ3) is 3.10. The number of nitrogens with one attached hydrogen (secondary N) is 1. The number of hydrogen-bond acceptors (Lipinski definition) is 3. The Kier molecular flexibility index (Phi) is 4.37. The Bertz CT molecular complexity index is 487. The smallest absolute Gasteiger partial charge is 0.183 e. The quantitative estimate of drug-likeness (QED) is 0.859. The second kappa shape index (κ2) is 6.01. The van der Waals surface area contributed by atoms with Crippen LogP contribution in [-0.2, 0) is 12.8 Å². The molecule has 2 rings (SSSR count). The van der Waals surface area contributed by atoms with Crippen LogP contribution >= 0.6 is 11.3 Å². The third-order valence-electron chi connectivity index (χ3n) is 3.14. The minimum absolute atomic E-state index is 0.298. The highest BCUT2D eigenvalue weighted by atomic mass is 32.1. The summed E-state index contributed by atoms with van der Waals surface area (Å²) in [6.45, 7) is 6.48. The van der Waals surface area contributed by atoms with Gasteiger partial charge in [-0.05, 0) is 30.9 Å². The Balaban J connectivity index is 2.03. The van der Waals surface area contributed by atoms with E-state index < -0.39 is 0 Å². The largest absolute Gasteiger partial charge is 0.355 e. The number of thiazole rings is 1. The van der Waals surface area contributed by atoms with Crippen LogP contribution in [0.1, 0.15) is 43.6 Å². The first-order chi connectivity index (χ1) is 8.72. The van der Waals surface area contributed by atoms with E-state index in [1.54, 1.807) is 11.3 Å². The fourth-order valence-electron chi connectivity index (χ4n) is 1.85. The van der Waals surface area contributed by atoms with Gasteiger partial charge >= 0.3 is 0 Å². The number of anilines is 1. The van der Waals surface area contributed by atoms with E-state index in [-0.39, 0.29) is 0 Å². The lowest BCUT2D eigenvalue weighted by molar-refractivity contribution is 0.876. The van der Waals surface area contributed by atoms with E-state index >= 15 is 0 Å². The van der Waals surface area contributed by atoms with Gasteiger partial charge in [-0.25, -0.2) is 4.98 Å². The molecular formula is C15H20N2S. The van der Waals surface area contributed by atoms with Crippen LogP contribution in [0.5, 0.6) is 0 Å². The lowest BCUT2D eigenvalue weighted by Crippen LogP contribution is -2.06. The summed E-state index contributed by atoms with van der Waals surface area (Å²) in [5.41, 5.74) is 3.85. The van der Waals surface area contributed by atoms with Gasteiger partial charge in [-0.15, -0.1) is 11.3 Å². The average molecular weight is 260 g/mol. The summed E-state index contributed by atoms with van der Waals surface area (Å²) >= 11 is 1.68. The lowest BCUT2D eigenvalue weighted by Gasteiger charge is -2.13. The standard InChI is InChI=1S/C15H20N2S/c1-4-12-6-8-13(9-7-12)11(3)16-15-17-14(5-2)10-18-15/h6-11H,4-5H2,1-3H3,(H,16,17). The molecule has 1 atom stereocenters. The fourth-order valence-corrected chi connectivity index (χ4v) is 2.73. The number of hydrogen-bond donors (Lipinski definition) is 1. The number of aryl methyl sites for hydroxylation is 2. The molecule has 1 N–H and O–H groups in total. The van der Waals surface area contributed by atoms with Gasteiger partial charge in [0.2, 0.25) is 0 Å². The minimum atomic E-state index is 0.298. The van der Waals surface area contributed by atoms with Crippen LogP contribution in [0.25, 0.3) is 0 Å². The van der Waals surface area contributed by atoms with Crippen molar-refractivity contribution in [1.29, 1.82) is 0 Å². The maximum absolute atomic E-state index is 4.54. The van der Waals surface area contributed by atoms with E-state index in [1.165, 1.54) is 11.1 Å². The first-order valence-electron chi connectivity index (χ1n) is 6.52. The molecule has 2 aromatic rings. The molecule has 0 saturated carbocycles. The SMILES string of the molecule is CCc1ccc(C(C)Nc2nc(CC)cs2)cc1. The Morgan fingerprint density at radius 3 is 2.44 bits per heavy atom. The second-order valence-corrected chi connectivity index (χ2v) is 5.32. The zero-order valence-electron chi connectivity index (χ0n) is 11.2. The van der Waals surface area contributed by atoms with E-state index in [9.17, 15) is 0 Å². The van der Waals surface area contributed by atoms with Gasteiger partial charge in [-0.1, -0.05) is 38.1 Å². The van der Waals surface area contributed by atoms with Crippen LogP contribution in [0, 0.1) is 0 Å². The van der Waals surface area contributed by atoms with E-state index in [1.807, 2.05) is 0 Å². The van der Waals surface area contributed by atoms with Gasteiger partial charge in [-0.3, -0.25) is 0 Å². The van der Waals surface area contributed by atoms with Gasteiger partial charge < -0.3 is 5.32 Å². The van der Waals surface area contributed by atoms with Crippen LogP contribution in [0.4, 0.5) is 5.13 Å². The molecule has 1 unspecified atom stereocenters. The summed E-state index contributed by atoms with van der Waals surface area (Å²) in [4.78, 5) is 4.54. The summed E-state index contributed by atoms with van der Waals surface area (Å²) in [6.07, 6.45) is 2.09. The molecule has 0 saturated heterocycles. The molecule has 1 aromatic carbocycles. The molecule has 0 amide bonds. The van der Waals surface area contributed by atoms with Crippen molar-refractivity contribution in [1.82, 2.24) is 4.98 Å². The van der Waals surface area contributed by atoms with E-state index in [0.717, 1.165) is 23.7 Å². The van der Waals surface area contributed by atoms with Gasteiger partial charge in [0.1, 0.15) is 0 Å². The molecule has 0 spiro atoms. The molecule has 0 aliphatic heterocycles. The third-order valence-corrected chi connectivity index (χ3v) is 3.96. The predicted molar refractivity (Wildman–Crippen MR) is 79.3 cm³/mol. The number of aromatic nitrogens is 1. The average Bonchev–Trinajstić information content (AvgIpc) is 2.86. The zero-order valence-corrected chi connectivity index (χ0v) is 12.1. The maximum Gasteiger partial charge on any atom is 0.183 e. The van der Waals surface area contributed by atoms with Crippen molar-refractivity contribution in [2.75, 3.05) is 5.32 Å². The molecular weight excluding hydrogens is 240 g/mol. The fraction of sp³-hybridized carbons (Fsp3) is 0.400. The van der Waals surface area contributed by atoms with Crippen LogP contribution in [0.3, 0.4) is 0 Å². The van der Waals surface area contributed by atoms with Crippen LogP contribution in [0.2, 0.25) is 0 Å². The highest BCUT2D eigenvalue weighted by Gasteiger charge is 2.07. The summed E-state index contributed by atoms with van der Waals surface area (Å²) in [5.74, 6) is 0. The molecule has 0 bridgehead atoms. The normalized spacial score (nSPS) is 12.4. The van der Waals surface area contributed by atoms with Gasteiger partial charge in [0, 0.05) is 5.38 Å². The van der Waals surface area contributed by atoms with Crippen molar-refractivity contribution in [3.63, 3.8) is 0 Å². The molecule has 3 heteroatoms. The number of rotatable bonds is 5. The molecule has 96 valence electrons. The Labute approximate surface area is 113 Å². The highest BCUT2D eigenvalue weighted by molar-refractivity contribution is 7.13. The van der Waals surface area contributed by atoms with Crippen LogP contribution < -0.4 is 5.32 Å². The van der Waals surface area contributed by atoms with Crippen molar-refractivity contribution in [3.05, 3.63) is 46.5 Å². The van der Waals surface area contributed by atoms with Crippen molar-refractivity contribution < 1.29 is 0 Å². The monoisotopic (exact) mass is 260 g/mol. The van der Waals surface area contributed by atoms with Crippen LogP contribution in [0.15, 0.2) is 29.6 Å². The highest BCUT2D eigenvalue weighted by Crippen LogP contribution is 2.22. The molecule has 0 fully saturated rings. The van der Waals surface area contributed by atoms with Crippen LogP contribution in [-0.4, -0.2) is 4.98 Å². The summed E-state index contributed by atoms with van der Waals surface area (Å²) in [5, 5.41) is 6.59. The molecule has 0 aliphatic carbocycles.